The fraction of sp³-hybridized carbons (Fsp3) is 0.409. The van der Waals surface area contributed by atoms with Crippen LogP contribution in [0.2, 0.25) is 0 Å². The van der Waals surface area contributed by atoms with Crippen LogP contribution in [0.15, 0.2) is 48.5 Å². The van der Waals surface area contributed by atoms with Crippen molar-refractivity contribution < 1.29 is 9.53 Å². The average molecular weight is 391 g/mol. The number of carbonyl (C=O) groups is 1. The van der Waals surface area contributed by atoms with Crippen LogP contribution in [0.1, 0.15) is 29.8 Å². The van der Waals surface area contributed by atoms with Gasteiger partial charge in [0.05, 0.1) is 0 Å². The topological polar surface area (TPSA) is 81.5 Å². The Labute approximate surface area is 170 Å². The van der Waals surface area contributed by atoms with E-state index in [0.29, 0.717) is 18.8 Å². The molecule has 3 heterocycles. The molecule has 0 unspecified atom stereocenters. The first-order chi connectivity index (χ1) is 14.2. The number of amides is 1. The van der Waals surface area contributed by atoms with E-state index in [2.05, 4.69) is 21.4 Å². The Kier molecular flexibility index (Phi) is 5.80. The van der Waals surface area contributed by atoms with Crippen molar-refractivity contribution >= 4 is 11.7 Å². The minimum Gasteiger partial charge on any atom is -0.490 e. The van der Waals surface area contributed by atoms with E-state index in [1.165, 1.54) is 0 Å². The van der Waals surface area contributed by atoms with Crippen molar-refractivity contribution in [1.82, 2.24) is 15.2 Å². The summed E-state index contributed by atoms with van der Waals surface area (Å²) < 4.78 is 6.06. The molecule has 0 bridgehead atoms. The van der Waals surface area contributed by atoms with Crippen molar-refractivity contribution in [2.45, 2.75) is 31.4 Å². The Bertz CT molecular complexity index is 874. The van der Waals surface area contributed by atoms with Gasteiger partial charge in [-0.15, -0.1) is 0 Å². The lowest BCUT2D eigenvalue weighted by molar-refractivity contribution is 0.0933. The molecule has 2 fully saturated rings. The molecule has 1 aromatic carbocycles. The minimum atomic E-state index is -0.182. The zero-order valence-corrected chi connectivity index (χ0v) is 16.3. The van der Waals surface area contributed by atoms with E-state index in [1.807, 2.05) is 42.5 Å². The summed E-state index contributed by atoms with van der Waals surface area (Å²) in [5.41, 5.74) is 0.417. The van der Waals surface area contributed by atoms with Gasteiger partial charge in [0.1, 0.15) is 23.4 Å². The van der Waals surface area contributed by atoms with E-state index in [0.717, 1.165) is 43.9 Å². The van der Waals surface area contributed by atoms with Crippen LogP contribution in [-0.4, -0.2) is 54.1 Å². The third-order valence-corrected chi connectivity index (χ3v) is 5.44. The van der Waals surface area contributed by atoms with Crippen LogP contribution in [0.5, 0.6) is 5.75 Å². The lowest BCUT2D eigenvalue weighted by atomic mass is 10.1. The van der Waals surface area contributed by atoms with Crippen LogP contribution in [0.3, 0.4) is 0 Å². The molecule has 2 aromatic rings. The monoisotopic (exact) mass is 391 g/mol. The molecule has 2 aliphatic heterocycles. The first-order valence-corrected chi connectivity index (χ1v) is 10.1. The molecule has 1 atom stereocenters. The summed E-state index contributed by atoms with van der Waals surface area (Å²) in [5.74, 6) is 1.55. The molecule has 150 valence electrons. The van der Waals surface area contributed by atoms with Gasteiger partial charge in [0.15, 0.2) is 6.19 Å². The van der Waals surface area contributed by atoms with E-state index in [9.17, 15) is 4.79 Å². The zero-order valence-electron chi connectivity index (χ0n) is 16.3. The number of piperidine rings is 1. The number of hydrogen-bond acceptors (Lipinski definition) is 6. The second-order valence-electron chi connectivity index (χ2n) is 7.50. The summed E-state index contributed by atoms with van der Waals surface area (Å²) in [5, 5.41) is 11.9. The molecule has 1 aromatic heterocycles. The van der Waals surface area contributed by atoms with Crippen LogP contribution in [0.4, 0.5) is 5.82 Å². The molecule has 4 rings (SSSR count). The smallest absolute Gasteiger partial charge is 0.270 e. The predicted octanol–water partition coefficient (Wildman–Crippen LogP) is 2.41. The summed E-state index contributed by atoms with van der Waals surface area (Å²) in [6.45, 7) is 2.94. The lowest BCUT2D eigenvalue weighted by Crippen LogP contribution is -2.39. The van der Waals surface area contributed by atoms with Gasteiger partial charge in [-0.3, -0.25) is 4.79 Å². The molecule has 0 spiro atoms. The Morgan fingerprint density at radius 3 is 2.59 bits per heavy atom. The molecule has 7 nitrogen and oxygen atoms in total. The summed E-state index contributed by atoms with van der Waals surface area (Å²) >= 11 is 0. The SMILES string of the molecule is N#CN1CC[C@@H](NC(=O)c2cccc(N3CCC(Oc4ccccc4)CC3)n2)C1. The molecule has 0 aliphatic carbocycles. The van der Waals surface area contributed by atoms with Gasteiger partial charge in [-0.25, -0.2) is 4.98 Å². The number of para-hydroxylation sites is 1. The Morgan fingerprint density at radius 2 is 1.86 bits per heavy atom. The number of nitrogens with zero attached hydrogens (tertiary/aromatic N) is 4. The number of likely N-dealkylation sites (tertiary alicyclic amines) is 1. The number of nitrogens with one attached hydrogen (secondary N) is 1. The molecule has 0 radical (unpaired) electrons. The van der Waals surface area contributed by atoms with E-state index in [4.69, 9.17) is 10.00 Å². The standard InChI is InChI=1S/C22H25N5O2/c23-16-26-12-9-17(15-26)24-22(28)20-7-4-8-21(25-20)27-13-10-19(11-14-27)29-18-5-2-1-3-6-18/h1-8,17,19H,9-15H2,(H,24,28)/t17-/m1/s1. The lowest BCUT2D eigenvalue weighted by Gasteiger charge is -2.33. The Balaban J connectivity index is 1.32. The van der Waals surface area contributed by atoms with Gasteiger partial charge in [0.2, 0.25) is 0 Å². The molecule has 29 heavy (non-hydrogen) atoms. The maximum Gasteiger partial charge on any atom is 0.270 e. The van der Waals surface area contributed by atoms with Gasteiger partial charge in [-0.2, -0.15) is 5.26 Å². The number of pyridine rings is 1. The zero-order chi connectivity index (χ0) is 20.1. The first kappa shape index (κ1) is 19.1. The third-order valence-electron chi connectivity index (χ3n) is 5.44. The maximum absolute atomic E-state index is 12.6. The highest BCUT2D eigenvalue weighted by Crippen LogP contribution is 2.22. The second kappa shape index (κ2) is 8.82. The van der Waals surface area contributed by atoms with Crippen LogP contribution in [0, 0.1) is 11.5 Å². The number of anilines is 1. The minimum absolute atomic E-state index is 0.00140. The summed E-state index contributed by atoms with van der Waals surface area (Å²) in [4.78, 5) is 21.0. The number of aromatic nitrogens is 1. The Hall–Kier alpha value is -3.27. The molecule has 0 saturated carbocycles. The fourth-order valence-electron chi connectivity index (χ4n) is 3.85. The number of nitriles is 1. The number of carbonyl (C=O) groups excluding carboxylic acids is 1. The van der Waals surface area contributed by atoms with Crippen LogP contribution in [0.25, 0.3) is 0 Å². The molecule has 7 heteroatoms. The predicted molar refractivity (Wildman–Crippen MR) is 110 cm³/mol. The molecular formula is C22H25N5O2. The highest BCUT2D eigenvalue weighted by molar-refractivity contribution is 5.92. The Morgan fingerprint density at radius 1 is 1.07 bits per heavy atom. The van der Waals surface area contributed by atoms with Crippen LogP contribution < -0.4 is 15.0 Å². The van der Waals surface area contributed by atoms with Gasteiger partial charge in [-0.1, -0.05) is 24.3 Å². The van der Waals surface area contributed by atoms with Crippen molar-refractivity contribution in [3.8, 4) is 11.9 Å². The highest BCUT2D eigenvalue weighted by atomic mass is 16.5. The van der Waals surface area contributed by atoms with Crippen molar-refractivity contribution in [1.29, 1.82) is 5.26 Å². The van der Waals surface area contributed by atoms with Crippen LogP contribution in [-0.2, 0) is 0 Å². The number of hydrogen-bond donors (Lipinski definition) is 1. The van der Waals surface area contributed by atoms with Crippen molar-refractivity contribution in [2.75, 3.05) is 31.1 Å². The van der Waals surface area contributed by atoms with Crippen molar-refractivity contribution in [3.63, 3.8) is 0 Å². The molecule has 2 aliphatic rings. The largest absolute Gasteiger partial charge is 0.490 e. The van der Waals surface area contributed by atoms with Crippen LogP contribution >= 0.6 is 0 Å². The van der Waals surface area contributed by atoms with Gasteiger partial charge >= 0.3 is 0 Å². The van der Waals surface area contributed by atoms with E-state index < -0.39 is 0 Å². The summed E-state index contributed by atoms with van der Waals surface area (Å²) in [6.07, 6.45) is 4.94. The molecule has 1 amide bonds. The van der Waals surface area contributed by atoms with Gasteiger partial charge in [0, 0.05) is 45.1 Å². The second-order valence-corrected chi connectivity index (χ2v) is 7.50. The number of rotatable bonds is 5. The quantitative estimate of drug-likeness (QED) is 0.789. The number of ether oxygens (including phenoxy) is 1. The van der Waals surface area contributed by atoms with Crippen molar-refractivity contribution in [2.24, 2.45) is 0 Å². The molecule has 1 N–H and O–H groups in total. The summed E-state index contributed by atoms with van der Waals surface area (Å²) in [7, 11) is 0. The van der Waals surface area contributed by atoms with E-state index >= 15 is 0 Å². The molecule has 2 saturated heterocycles. The maximum atomic E-state index is 12.6. The summed E-state index contributed by atoms with van der Waals surface area (Å²) in [6, 6.07) is 15.5. The van der Waals surface area contributed by atoms with E-state index in [1.54, 1.807) is 11.0 Å². The normalized spacial score (nSPS) is 19.6. The average Bonchev–Trinajstić information content (AvgIpc) is 3.23. The fourth-order valence-corrected chi connectivity index (χ4v) is 3.85. The third kappa shape index (κ3) is 4.77. The van der Waals surface area contributed by atoms with Gasteiger partial charge in [0.25, 0.3) is 5.91 Å². The van der Waals surface area contributed by atoms with Crippen molar-refractivity contribution in [3.05, 3.63) is 54.2 Å². The van der Waals surface area contributed by atoms with Gasteiger partial charge in [-0.05, 0) is 30.7 Å². The number of benzene rings is 1. The van der Waals surface area contributed by atoms with E-state index in [-0.39, 0.29) is 18.1 Å². The highest BCUT2D eigenvalue weighted by Gasteiger charge is 2.25. The first-order valence-electron chi connectivity index (χ1n) is 10.1. The molecular weight excluding hydrogens is 366 g/mol. The van der Waals surface area contributed by atoms with Gasteiger partial charge < -0.3 is 19.9 Å².